The van der Waals surface area contributed by atoms with Crippen molar-refractivity contribution in [3.05, 3.63) is 0 Å². The summed E-state index contributed by atoms with van der Waals surface area (Å²) in [5.74, 6) is 7.52. The fraction of sp³-hybridized carbons (Fsp3) is 1.00. The van der Waals surface area contributed by atoms with Crippen molar-refractivity contribution in [3.63, 3.8) is 0 Å². The highest BCUT2D eigenvalue weighted by Gasteiger charge is 2.44. The lowest BCUT2D eigenvalue weighted by atomic mass is 9.63. The van der Waals surface area contributed by atoms with Crippen LogP contribution in [0.1, 0.15) is 107 Å². The second-order valence-electron chi connectivity index (χ2n) is 18.5. The van der Waals surface area contributed by atoms with E-state index in [4.69, 9.17) is 28.4 Å². The molecule has 0 aromatic rings. The Bertz CT molecular complexity index is 862. The summed E-state index contributed by atoms with van der Waals surface area (Å²) in [5, 5.41) is 11.0. The van der Waals surface area contributed by atoms with Gasteiger partial charge in [-0.1, -0.05) is 55.4 Å². The van der Waals surface area contributed by atoms with E-state index in [-0.39, 0.29) is 12.2 Å². The predicted octanol–water partition coefficient (Wildman–Crippen LogP) is 7.41. The molecule has 2 aliphatic heterocycles. The number of epoxide rings is 2. The van der Waals surface area contributed by atoms with Crippen molar-refractivity contribution in [3.8, 4) is 0 Å². The Morgan fingerprint density at radius 2 is 0.667 bits per heavy atom. The molecule has 4 aliphatic carbocycles. The molecule has 6 rings (SSSR count). The zero-order valence-electron chi connectivity index (χ0n) is 31.8. The summed E-state index contributed by atoms with van der Waals surface area (Å²) in [5.41, 5.74) is 0. The molecule has 2 heterocycles. The number of aliphatic hydroxyl groups excluding tert-OH is 1. The van der Waals surface area contributed by atoms with E-state index < -0.39 is 6.10 Å². The molecule has 0 radical (unpaired) electrons. The Balaban J connectivity index is 0.896. The quantitative estimate of drug-likeness (QED) is 0.192. The van der Waals surface area contributed by atoms with E-state index in [0.717, 1.165) is 50.1 Å². The van der Waals surface area contributed by atoms with E-state index in [2.05, 4.69) is 55.4 Å². The molecule has 7 heteroatoms. The van der Waals surface area contributed by atoms with Crippen LogP contribution in [0.3, 0.4) is 0 Å². The smallest absolute Gasteiger partial charge is 0.104 e. The van der Waals surface area contributed by atoms with E-state index in [1.54, 1.807) is 0 Å². The van der Waals surface area contributed by atoms with Gasteiger partial charge in [-0.2, -0.15) is 0 Å². The lowest BCUT2D eigenvalue weighted by Gasteiger charge is -2.47. The Hall–Kier alpha value is -0.280. The van der Waals surface area contributed by atoms with Crippen LogP contribution in [0.25, 0.3) is 0 Å². The maximum absolute atomic E-state index is 11.0. The van der Waals surface area contributed by atoms with Gasteiger partial charge in [0.1, 0.15) is 18.3 Å². The van der Waals surface area contributed by atoms with Crippen LogP contribution in [0.15, 0.2) is 0 Å². The van der Waals surface area contributed by atoms with Crippen LogP contribution >= 0.6 is 0 Å². The molecule has 2 saturated heterocycles. The van der Waals surface area contributed by atoms with Gasteiger partial charge in [0.05, 0.1) is 64.1 Å². The molecule has 278 valence electrons. The van der Waals surface area contributed by atoms with Crippen molar-refractivity contribution >= 4 is 0 Å². The Kier molecular flexibility index (Phi) is 13.0. The summed E-state index contributed by atoms with van der Waals surface area (Å²) in [6, 6.07) is 0. The first-order valence-electron chi connectivity index (χ1n) is 20.3. The van der Waals surface area contributed by atoms with Crippen molar-refractivity contribution < 1.29 is 33.5 Å². The summed E-state index contributed by atoms with van der Waals surface area (Å²) in [6.07, 6.45) is 11.3. The van der Waals surface area contributed by atoms with Crippen molar-refractivity contribution in [2.24, 2.45) is 71.0 Å². The maximum Gasteiger partial charge on any atom is 0.104 e. The topological polar surface area (TPSA) is 82.2 Å². The van der Waals surface area contributed by atoms with Gasteiger partial charge >= 0.3 is 0 Å². The molecular formula is C41H72O7. The fourth-order valence-corrected chi connectivity index (χ4v) is 11.6. The fourth-order valence-electron chi connectivity index (χ4n) is 11.6. The van der Waals surface area contributed by atoms with Gasteiger partial charge in [0.2, 0.25) is 0 Å². The van der Waals surface area contributed by atoms with Crippen LogP contribution in [0.4, 0.5) is 0 Å². The lowest BCUT2D eigenvalue weighted by Crippen LogP contribution is -2.45. The summed E-state index contributed by atoms with van der Waals surface area (Å²) in [7, 11) is 0. The summed E-state index contributed by atoms with van der Waals surface area (Å²) in [4.78, 5) is 0. The largest absolute Gasteiger partial charge is 0.388 e. The average Bonchev–Trinajstić information content (AvgIpc) is 3.95. The molecule has 0 aromatic heterocycles. The zero-order valence-corrected chi connectivity index (χ0v) is 31.8. The van der Waals surface area contributed by atoms with E-state index in [9.17, 15) is 5.11 Å². The van der Waals surface area contributed by atoms with Crippen LogP contribution in [0, 0.1) is 71.0 Å². The van der Waals surface area contributed by atoms with Crippen LogP contribution in [-0.2, 0) is 28.4 Å². The van der Waals surface area contributed by atoms with Crippen molar-refractivity contribution in [2.45, 2.75) is 149 Å². The number of aliphatic hydroxyl groups is 1. The Labute approximate surface area is 293 Å². The molecule has 6 aliphatic rings. The number of hydrogen-bond donors (Lipinski definition) is 1. The Morgan fingerprint density at radius 3 is 0.896 bits per heavy atom. The van der Waals surface area contributed by atoms with Crippen molar-refractivity contribution in [1.29, 1.82) is 0 Å². The number of ether oxygens (including phenoxy) is 6. The first kappa shape index (κ1) is 37.5. The number of rotatable bonds is 14. The summed E-state index contributed by atoms with van der Waals surface area (Å²) >= 11 is 0. The molecule has 4 saturated carbocycles. The molecule has 0 aromatic carbocycles. The van der Waals surface area contributed by atoms with Gasteiger partial charge in [-0.05, 0) is 122 Å². The van der Waals surface area contributed by atoms with E-state index in [1.807, 2.05) is 0 Å². The van der Waals surface area contributed by atoms with Gasteiger partial charge in [0, 0.05) is 0 Å². The van der Waals surface area contributed by atoms with Gasteiger partial charge in [-0.25, -0.2) is 0 Å². The third kappa shape index (κ3) is 9.58. The highest BCUT2D eigenvalue weighted by Crippen LogP contribution is 2.48. The minimum atomic E-state index is -0.574. The van der Waals surface area contributed by atoms with Gasteiger partial charge in [0.15, 0.2) is 0 Å². The second-order valence-corrected chi connectivity index (χ2v) is 18.5. The monoisotopic (exact) mass is 677 g/mol. The minimum Gasteiger partial charge on any atom is -0.388 e. The zero-order chi connectivity index (χ0) is 34.1. The molecule has 10 atom stereocenters. The third-order valence-electron chi connectivity index (χ3n) is 13.9. The van der Waals surface area contributed by atoms with Gasteiger partial charge in [0.25, 0.3) is 0 Å². The third-order valence-corrected chi connectivity index (χ3v) is 13.9. The highest BCUT2D eigenvalue weighted by molar-refractivity contribution is 4.94. The molecule has 48 heavy (non-hydrogen) atoms. The molecular weight excluding hydrogens is 604 g/mol. The summed E-state index contributed by atoms with van der Waals surface area (Å²) < 4.78 is 36.4. The molecule has 7 nitrogen and oxygen atoms in total. The molecule has 6 fully saturated rings. The Morgan fingerprint density at radius 1 is 0.438 bits per heavy atom. The van der Waals surface area contributed by atoms with Crippen LogP contribution in [-0.4, -0.2) is 87.5 Å². The SMILES string of the molecule is CC1CC(C2CC(C)C(OCC3CO3)C(C)C2)CC(C)C1OCC(O)COC1C(C)CC(C2CC(C)C(OCC3CO3)C(C)C2)CC1C. The van der Waals surface area contributed by atoms with E-state index >= 15 is 0 Å². The van der Waals surface area contributed by atoms with E-state index in [0.29, 0.717) is 85.0 Å². The van der Waals surface area contributed by atoms with Gasteiger partial charge in [-0.3, -0.25) is 0 Å². The first-order valence-corrected chi connectivity index (χ1v) is 20.3. The van der Waals surface area contributed by atoms with Crippen molar-refractivity contribution in [2.75, 3.05) is 39.6 Å². The highest BCUT2D eigenvalue weighted by atomic mass is 16.6. The predicted molar refractivity (Wildman–Crippen MR) is 189 cm³/mol. The molecule has 0 amide bonds. The minimum absolute atomic E-state index is 0.213. The molecule has 0 bridgehead atoms. The van der Waals surface area contributed by atoms with E-state index in [1.165, 1.54) is 51.4 Å². The molecule has 1 N–H and O–H groups in total. The second kappa shape index (κ2) is 16.6. The summed E-state index contributed by atoms with van der Waals surface area (Å²) in [6.45, 7) is 23.1. The van der Waals surface area contributed by atoms with Crippen LogP contribution in [0.5, 0.6) is 0 Å². The average molecular weight is 677 g/mol. The molecule has 10 unspecified atom stereocenters. The van der Waals surface area contributed by atoms with Crippen LogP contribution < -0.4 is 0 Å². The van der Waals surface area contributed by atoms with Gasteiger partial charge in [-0.15, -0.1) is 0 Å². The first-order chi connectivity index (χ1) is 23.0. The normalized spacial score (nSPS) is 50.2. The number of hydrogen-bond acceptors (Lipinski definition) is 7. The molecule has 0 spiro atoms. The van der Waals surface area contributed by atoms with Crippen molar-refractivity contribution in [1.82, 2.24) is 0 Å². The van der Waals surface area contributed by atoms with Crippen LogP contribution in [0.2, 0.25) is 0 Å². The standard InChI is InChI=1S/C41H72O7/c1-23-9-31(33-13-27(5)40(28(6)14-33)47-21-36-19-43-36)10-24(2)38(23)45-17-35(42)18-46-39-25(3)11-32(12-26(39)4)34-15-29(7)41(30(8)16-34)48-22-37-20-44-37/h23-42H,9-22H2,1-8H3. The van der Waals surface area contributed by atoms with Gasteiger partial charge < -0.3 is 33.5 Å². The maximum atomic E-state index is 11.0. The lowest BCUT2D eigenvalue weighted by molar-refractivity contribution is -0.127.